The number of likely N-dealkylation sites (N-methyl/N-ethyl adjacent to an activating group) is 1. The van der Waals surface area contributed by atoms with Crippen LogP contribution in [0, 0.1) is 5.82 Å². The zero-order chi connectivity index (χ0) is 22.8. The van der Waals surface area contributed by atoms with Crippen LogP contribution in [0.1, 0.15) is 34.9 Å². The Labute approximate surface area is 184 Å². The lowest BCUT2D eigenvalue weighted by atomic mass is 9.98. The molecule has 0 spiro atoms. The summed E-state index contributed by atoms with van der Waals surface area (Å²) < 4.78 is 40.5. The molecule has 0 bridgehead atoms. The molecule has 1 amide bonds. The number of rotatable bonds is 6. The van der Waals surface area contributed by atoms with E-state index in [0.717, 1.165) is 4.31 Å². The molecule has 1 aromatic heterocycles. The number of hydrogen-bond donors (Lipinski definition) is 1. The molecule has 1 heterocycles. The molecule has 11 heteroatoms. The molecule has 168 valence electrons. The van der Waals surface area contributed by atoms with Gasteiger partial charge in [-0.1, -0.05) is 17.3 Å². The molecule has 8 nitrogen and oxygen atoms in total. The van der Waals surface area contributed by atoms with Crippen LogP contribution in [0.4, 0.5) is 9.18 Å². The third kappa shape index (κ3) is 5.12. The number of thiophene rings is 1. The highest BCUT2D eigenvalue weighted by molar-refractivity contribution is 7.89. The fourth-order valence-electron chi connectivity index (χ4n) is 3.17. The summed E-state index contributed by atoms with van der Waals surface area (Å²) in [6.07, 6.45) is 0.0952. The van der Waals surface area contributed by atoms with Gasteiger partial charge in [0.25, 0.3) is 0 Å². The molecule has 0 saturated heterocycles. The molecule has 1 aromatic carbocycles. The maximum atomic E-state index is 13.2. The van der Waals surface area contributed by atoms with Crippen LogP contribution in [0.2, 0.25) is 0 Å². The average Bonchev–Trinajstić information content (AvgIpc) is 3.17. The summed E-state index contributed by atoms with van der Waals surface area (Å²) in [5.74, 6) is -0.435. The zero-order valence-corrected chi connectivity index (χ0v) is 19.0. The first-order valence-electron chi connectivity index (χ1n) is 9.57. The van der Waals surface area contributed by atoms with E-state index in [1.54, 1.807) is 19.5 Å². The number of carbonyl (C=O) groups excluding carboxylic acids is 1. The highest BCUT2D eigenvalue weighted by Gasteiger charge is 2.31. The van der Waals surface area contributed by atoms with Crippen LogP contribution in [0.15, 0.2) is 39.7 Å². The third-order valence-electron chi connectivity index (χ3n) is 4.93. The summed E-state index contributed by atoms with van der Waals surface area (Å²) in [5.41, 5.74) is 1.60. The molecule has 31 heavy (non-hydrogen) atoms. The number of hydrogen-bond acceptors (Lipinski definition) is 7. The van der Waals surface area contributed by atoms with E-state index < -0.39 is 28.0 Å². The number of aliphatic hydroxyl groups is 1. The summed E-state index contributed by atoms with van der Waals surface area (Å²) in [6.45, 7) is -0.181. The van der Waals surface area contributed by atoms with Crippen LogP contribution < -0.4 is 0 Å². The van der Waals surface area contributed by atoms with Crippen LogP contribution in [0.3, 0.4) is 0 Å². The number of aliphatic hydroxyl groups excluding tert-OH is 1. The number of benzene rings is 1. The number of carbonyl (C=O) groups is 1. The lowest BCUT2D eigenvalue weighted by Gasteiger charge is -2.22. The Morgan fingerprint density at radius 3 is 2.58 bits per heavy atom. The lowest BCUT2D eigenvalue weighted by molar-refractivity contribution is 0.122. The second kappa shape index (κ2) is 9.43. The summed E-state index contributed by atoms with van der Waals surface area (Å²) in [7, 11) is 0.599. The van der Waals surface area contributed by atoms with Gasteiger partial charge in [0.15, 0.2) is 0 Å². The van der Waals surface area contributed by atoms with E-state index in [2.05, 4.69) is 5.16 Å². The summed E-state index contributed by atoms with van der Waals surface area (Å²) in [4.78, 5) is 18.7. The lowest BCUT2D eigenvalue weighted by Crippen LogP contribution is -2.32. The molecule has 1 aliphatic rings. The molecule has 2 aromatic rings. The second-order valence-electron chi connectivity index (χ2n) is 7.40. The molecule has 1 unspecified atom stereocenters. The number of sulfonamides is 1. The smallest absolute Gasteiger partial charge is 0.387 e. The van der Waals surface area contributed by atoms with Crippen molar-refractivity contribution in [2.75, 3.05) is 27.7 Å². The van der Waals surface area contributed by atoms with E-state index in [-0.39, 0.29) is 11.4 Å². The minimum atomic E-state index is -3.88. The standard InChI is InChI=1S/C20H24FN3O5S2/c1-23(2)20(26)29-22-16-6-4-5-15-18(12-30-19(15)16)31(27,28)24(3)11-17(25)13-7-9-14(21)10-8-13/h7-10,12,17,25H,4-6,11H2,1-3H3/b22-16+. The van der Waals surface area contributed by atoms with Crippen molar-refractivity contribution in [2.24, 2.45) is 5.16 Å². The molecular formula is C20H24FN3O5S2. The van der Waals surface area contributed by atoms with Gasteiger partial charge in [-0.3, -0.25) is 4.84 Å². The van der Waals surface area contributed by atoms with Crippen LogP contribution in [0.5, 0.6) is 0 Å². The maximum Gasteiger partial charge on any atom is 0.435 e. The van der Waals surface area contributed by atoms with Gasteiger partial charge in [0.2, 0.25) is 10.0 Å². The van der Waals surface area contributed by atoms with Crippen LogP contribution >= 0.6 is 11.3 Å². The van der Waals surface area contributed by atoms with Gasteiger partial charge in [-0.15, -0.1) is 11.3 Å². The van der Waals surface area contributed by atoms with Crippen molar-refractivity contribution in [1.82, 2.24) is 9.21 Å². The van der Waals surface area contributed by atoms with Gasteiger partial charge in [0, 0.05) is 33.1 Å². The Bertz CT molecular complexity index is 1080. The largest absolute Gasteiger partial charge is 0.435 e. The van der Waals surface area contributed by atoms with Gasteiger partial charge in [-0.05, 0) is 42.5 Å². The van der Waals surface area contributed by atoms with Crippen LogP contribution in [-0.4, -0.2) is 62.2 Å². The molecule has 3 rings (SSSR count). The van der Waals surface area contributed by atoms with Crippen LogP contribution in [-0.2, 0) is 21.3 Å². The Morgan fingerprint density at radius 2 is 1.94 bits per heavy atom. The number of halogens is 1. The molecule has 0 aliphatic heterocycles. The first-order valence-corrected chi connectivity index (χ1v) is 11.9. The number of nitrogens with zero attached hydrogens (tertiary/aromatic N) is 3. The van der Waals surface area contributed by atoms with Gasteiger partial charge >= 0.3 is 6.09 Å². The number of amides is 1. The van der Waals surface area contributed by atoms with E-state index in [9.17, 15) is 22.7 Å². The van der Waals surface area contributed by atoms with E-state index in [0.29, 0.717) is 41.0 Å². The van der Waals surface area contributed by atoms with Gasteiger partial charge in [-0.25, -0.2) is 17.6 Å². The average molecular weight is 470 g/mol. The van der Waals surface area contributed by atoms with E-state index in [1.165, 1.54) is 47.5 Å². The molecule has 1 aliphatic carbocycles. The quantitative estimate of drug-likeness (QED) is 0.518. The molecule has 0 saturated carbocycles. The number of oxime groups is 1. The van der Waals surface area contributed by atoms with E-state index >= 15 is 0 Å². The van der Waals surface area contributed by atoms with Crippen molar-refractivity contribution in [3.63, 3.8) is 0 Å². The molecular weight excluding hydrogens is 445 g/mol. The minimum absolute atomic E-state index is 0.160. The molecule has 0 radical (unpaired) electrons. The normalized spacial score (nSPS) is 16.3. The van der Waals surface area contributed by atoms with Gasteiger partial charge in [0.1, 0.15) is 5.82 Å². The highest BCUT2D eigenvalue weighted by Crippen LogP contribution is 2.35. The molecule has 0 fully saturated rings. The predicted octanol–water partition coefficient (Wildman–Crippen LogP) is 2.98. The second-order valence-corrected chi connectivity index (χ2v) is 10.3. The summed E-state index contributed by atoms with van der Waals surface area (Å²) >= 11 is 1.24. The number of fused-ring (bicyclic) bond motifs is 1. The highest BCUT2D eigenvalue weighted by atomic mass is 32.2. The first-order chi connectivity index (χ1) is 14.6. The first kappa shape index (κ1) is 23.3. The van der Waals surface area contributed by atoms with Gasteiger partial charge in [-0.2, -0.15) is 4.31 Å². The van der Waals surface area contributed by atoms with Gasteiger partial charge in [0.05, 0.1) is 21.6 Å². The summed E-state index contributed by atoms with van der Waals surface area (Å²) in [5, 5.41) is 15.9. The van der Waals surface area contributed by atoms with Crippen molar-refractivity contribution in [3.8, 4) is 0 Å². The third-order valence-corrected chi connectivity index (χ3v) is 8.04. The van der Waals surface area contributed by atoms with Crippen molar-refractivity contribution in [1.29, 1.82) is 0 Å². The zero-order valence-electron chi connectivity index (χ0n) is 17.4. The Hall–Kier alpha value is -2.34. The predicted molar refractivity (Wildman–Crippen MR) is 115 cm³/mol. The maximum absolute atomic E-state index is 13.2. The Morgan fingerprint density at radius 1 is 1.26 bits per heavy atom. The fourth-order valence-corrected chi connectivity index (χ4v) is 6.05. The van der Waals surface area contributed by atoms with Crippen molar-refractivity contribution < 1.29 is 27.5 Å². The van der Waals surface area contributed by atoms with Crippen molar-refractivity contribution in [3.05, 3.63) is 51.5 Å². The molecule has 1 N–H and O–H groups in total. The van der Waals surface area contributed by atoms with Gasteiger partial charge < -0.3 is 10.0 Å². The van der Waals surface area contributed by atoms with Crippen molar-refractivity contribution in [2.45, 2.75) is 30.3 Å². The Balaban J connectivity index is 1.81. The van der Waals surface area contributed by atoms with Crippen molar-refractivity contribution >= 4 is 33.2 Å². The van der Waals surface area contributed by atoms with E-state index in [1.807, 2.05) is 0 Å². The van der Waals surface area contributed by atoms with Crippen LogP contribution in [0.25, 0.3) is 0 Å². The Kier molecular flexibility index (Phi) is 7.10. The minimum Gasteiger partial charge on any atom is -0.387 e. The topological polar surface area (TPSA) is 99.5 Å². The van der Waals surface area contributed by atoms with E-state index in [4.69, 9.17) is 4.84 Å². The summed E-state index contributed by atoms with van der Waals surface area (Å²) in [6, 6.07) is 5.27. The monoisotopic (exact) mass is 469 g/mol. The molecule has 1 atom stereocenters. The fraction of sp³-hybridized carbons (Fsp3) is 0.400. The SMILES string of the molecule is CN(C)C(=O)O/N=C1\CCCc2c(S(=O)(=O)N(C)CC(O)c3ccc(F)cc3)csc21.